The third kappa shape index (κ3) is 1.27. The van der Waals surface area contributed by atoms with Crippen molar-refractivity contribution in [3.63, 3.8) is 0 Å². The fourth-order valence-electron chi connectivity index (χ4n) is 2.17. The van der Waals surface area contributed by atoms with Crippen LogP contribution in [-0.2, 0) is 9.53 Å². The van der Waals surface area contributed by atoms with Crippen molar-refractivity contribution in [1.29, 1.82) is 0 Å². The Labute approximate surface area is 72.3 Å². The summed E-state index contributed by atoms with van der Waals surface area (Å²) < 4.78 is 5.56. The summed E-state index contributed by atoms with van der Waals surface area (Å²) in [6.07, 6.45) is 3.88. The molecule has 0 aromatic carbocycles. The van der Waals surface area contributed by atoms with Crippen molar-refractivity contribution in [2.45, 2.75) is 31.8 Å². The van der Waals surface area contributed by atoms with E-state index in [4.69, 9.17) is 10.5 Å². The first-order valence-electron chi connectivity index (χ1n) is 4.57. The molecule has 1 atom stereocenters. The van der Waals surface area contributed by atoms with Crippen molar-refractivity contribution in [1.82, 2.24) is 0 Å². The molecule has 1 heterocycles. The molecule has 1 aliphatic heterocycles. The van der Waals surface area contributed by atoms with Gasteiger partial charge in [-0.1, -0.05) is 0 Å². The molecule has 1 saturated heterocycles. The van der Waals surface area contributed by atoms with E-state index in [1.807, 2.05) is 0 Å². The second kappa shape index (κ2) is 2.82. The van der Waals surface area contributed by atoms with E-state index in [9.17, 15) is 4.79 Å². The average Bonchev–Trinajstić information content (AvgIpc) is 2.04. The maximum Gasteiger partial charge on any atom is 0.134 e. The standard InChI is InChI=1S/C9H15NO2/c10-5-8-1-2-9(6-12-8)3-7(11)4-9/h8H,1-6,10H2. The highest BCUT2D eigenvalue weighted by molar-refractivity contribution is 5.86. The Morgan fingerprint density at radius 1 is 1.58 bits per heavy atom. The lowest BCUT2D eigenvalue weighted by molar-refractivity contribution is -0.147. The van der Waals surface area contributed by atoms with Gasteiger partial charge in [0.1, 0.15) is 5.78 Å². The molecular weight excluding hydrogens is 154 g/mol. The van der Waals surface area contributed by atoms with Crippen LogP contribution >= 0.6 is 0 Å². The number of Topliss-reactive ketones (excluding diaryl/α,β-unsaturated/α-hetero) is 1. The number of hydrogen-bond donors (Lipinski definition) is 1. The lowest BCUT2D eigenvalue weighted by atomic mass is 9.64. The zero-order valence-corrected chi connectivity index (χ0v) is 7.21. The van der Waals surface area contributed by atoms with E-state index < -0.39 is 0 Å². The molecule has 0 radical (unpaired) electrons. The van der Waals surface area contributed by atoms with Crippen molar-refractivity contribution in [2.24, 2.45) is 11.1 Å². The number of hydrogen-bond acceptors (Lipinski definition) is 3. The molecule has 2 rings (SSSR count). The maximum atomic E-state index is 10.8. The second-order valence-electron chi connectivity index (χ2n) is 4.10. The third-order valence-corrected chi connectivity index (χ3v) is 3.03. The molecule has 0 aromatic rings. The van der Waals surface area contributed by atoms with Crippen molar-refractivity contribution >= 4 is 5.78 Å². The molecule has 2 aliphatic rings. The molecule has 1 unspecified atom stereocenters. The number of rotatable bonds is 1. The fraction of sp³-hybridized carbons (Fsp3) is 0.889. The SMILES string of the molecule is NCC1CCC2(CO1)CC(=O)C2. The van der Waals surface area contributed by atoms with Crippen LogP contribution in [0.3, 0.4) is 0 Å². The molecule has 1 spiro atoms. The first-order chi connectivity index (χ1) is 5.74. The van der Waals surface area contributed by atoms with Gasteiger partial charge in [0.15, 0.2) is 0 Å². The molecular formula is C9H15NO2. The van der Waals surface area contributed by atoms with Gasteiger partial charge in [-0.25, -0.2) is 0 Å². The normalized spacial score (nSPS) is 33.4. The summed E-state index contributed by atoms with van der Waals surface area (Å²) in [6, 6.07) is 0. The van der Waals surface area contributed by atoms with Gasteiger partial charge in [-0.15, -0.1) is 0 Å². The first kappa shape index (κ1) is 8.20. The predicted molar refractivity (Wildman–Crippen MR) is 44.7 cm³/mol. The quantitative estimate of drug-likeness (QED) is 0.621. The number of nitrogens with two attached hydrogens (primary N) is 1. The molecule has 2 fully saturated rings. The Hall–Kier alpha value is -0.410. The van der Waals surface area contributed by atoms with Crippen LogP contribution in [0.4, 0.5) is 0 Å². The molecule has 3 heteroatoms. The summed E-state index contributed by atoms with van der Waals surface area (Å²) in [5.74, 6) is 0.393. The Bertz CT molecular complexity index is 185. The minimum atomic E-state index is 0.225. The minimum absolute atomic E-state index is 0.225. The van der Waals surface area contributed by atoms with E-state index in [-0.39, 0.29) is 11.5 Å². The first-order valence-corrected chi connectivity index (χ1v) is 4.57. The number of carbonyl (C=O) groups is 1. The zero-order valence-electron chi connectivity index (χ0n) is 7.21. The molecule has 68 valence electrons. The second-order valence-corrected chi connectivity index (χ2v) is 4.10. The minimum Gasteiger partial charge on any atom is -0.376 e. The molecule has 1 saturated carbocycles. The van der Waals surface area contributed by atoms with E-state index in [1.165, 1.54) is 0 Å². The largest absolute Gasteiger partial charge is 0.376 e. The van der Waals surface area contributed by atoms with Crippen LogP contribution in [0.2, 0.25) is 0 Å². The Balaban J connectivity index is 1.86. The summed E-state index contributed by atoms with van der Waals surface area (Å²) in [5, 5.41) is 0. The van der Waals surface area contributed by atoms with Gasteiger partial charge >= 0.3 is 0 Å². The summed E-state index contributed by atoms with van der Waals surface area (Å²) in [5.41, 5.74) is 5.71. The van der Waals surface area contributed by atoms with Gasteiger partial charge in [-0.05, 0) is 12.8 Å². The van der Waals surface area contributed by atoms with Crippen molar-refractivity contribution in [2.75, 3.05) is 13.2 Å². The molecule has 3 nitrogen and oxygen atoms in total. The Morgan fingerprint density at radius 2 is 2.33 bits per heavy atom. The van der Waals surface area contributed by atoms with Crippen LogP contribution in [0.15, 0.2) is 0 Å². The van der Waals surface area contributed by atoms with E-state index in [0.717, 1.165) is 32.3 Å². The third-order valence-electron chi connectivity index (χ3n) is 3.03. The van der Waals surface area contributed by atoms with Crippen LogP contribution in [0.25, 0.3) is 0 Å². The fourth-order valence-corrected chi connectivity index (χ4v) is 2.17. The average molecular weight is 169 g/mol. The number of carbonyl (C=O) groups excluding carboxylic acids is 1. The van der Waals surface area contributed by atoms with Gasteiger partial charge < -0.3 is 10.5 Å². The van der Waals surface area contributed by atoms with Gasteiger partial charge in [-0.2, -0.15) is 0 Å². The highest BCUT2D eigenvalue weighted by Gasteiger charge is 2.45. The lowest BCUT2D eigenvalue weighted by Crippen LogP contribution is -2.47. The maximum absolute atomic E-state index is 10.8. The van der Waals surface area contributed by atoms with E-state index in [2.05, 4.69) is 0 Å². The topological polar surface area (TPSA) is 52.3 Å². The summed E-state index contributed by atoms with van der Waals surface area (Å²) in [6.45, 7) is 1.37. The molecule has 0 bridgehead atoms. The van der Waals surface area contributed by atoms with Crippen LogP contribution < -0.4 is 5.73 Å². The molecule has 2 N–H and O–H groups in total. The predicted octanol–water partition coefficient (Wildman–Crippen LogP) is 0.473. The van der Waals surface area contributed by atoms with Gasteiger partial charge in [0.25, 0.3) is 0 Å². The zero-order chi connectivity index (χ0) is 8.60. The van der Waals surface area contributed by atoms with Gasteiger partial charge in [0, 0.05) is 24.8 Å². The van der Waals surface area contributed by atoms with Gasteiger partial charge in [-0.3, -0.25) is 4.79 Å². The molecule has 12 heavy (non-hydrogen) atoms. The van der Waals surface area contributed by atoms with Crippen LogP contribution in [0.1, 0.15) is 25.7 Å². The summed E-state index contributed by atoms with van der Waals surface area (Å²) in [7, 11) is 0. The van der Waals surface area contributed by atoms with E-state index in [1.54, 1.807) is 0 Å². The van der Waals surface area contributed by atoms with E-state index >= 15 is 0 Å². The highest BCUT2D eigenvalue weighted by atomic mass is 16.5. The molecule has 1 aliphatic carbocycles. The highest BCUT2D eigenvalue weighted by Crippen LogP contribution is 2.45. The lowest BCUT2D eigenvalue weighted by Gasteiger charge is -2.45. The van der Waals surface area contributed by atoms with Crippen LogP contribution in [0, 0.1) is 5.41 Å². The van der Waals surface area contributed by atoms with E-state index in [0.29, 0.717) is 12.3 Å². The molecule has 0 aromatic heterocycles. The number of ether oxygens (including phenoxy) is 1. The van der Waals surface area contributed by atoms with Crippen LogP contribution in [-0.4, -0.2) is 25.0 Å². The summed E-state index contributed by atoms with van der Waals surface area (Å²) in [4.78, 5) is 10.8. The van der Waals surface area contributed by atoms with Gasteiger partial charge in [0.2, 0.25) is 0 Å². The summed E-state index contributed by atoms with van der Waals surface area (Å²) >= 11 is 0. The Morgan fingerprint density at radius 3 is 2.75 bits per heavy atom. The van der Waals surface area contributed by atoms with Gasteiger partial charge in [0.05, 0.1) is 12.7 Å². The number of ketones is 1. The van der Waals surface area contributed by atoms with Crippen molar-refractivity contribution < 1.29 is 9.53 Å². The smallest absolute Gasteiger partial charge is 0.134 e. The Kier molecular flexibility index (Phi) is 1.93. The van der Waals surface area contributed by atoms with Crippen molar-refractivity contribution in [3.05, 3.63) is 0 Å². The van der Waals surface area contributed by atoms with Crippen LogP contribution in [0.5, 0.6) is 0 Å². The monoisotopic (exact) mass is 169 g/mol. The van der Waals surface area contributed by atoms with Crippen molar-refractivity contribution in [3.8, 4) is 0 Å². The molecule has 0 amide bonds.